The van der Waals surface area contributed by atoms with Crippen LogP contribution in [0.2, 0.25) is 0 Å². The summed E-state index contributed by atoms with van der Waals surface area (Å²) in [5, 5.41) is 2.65. The first-order valence-corrected chi connectivity index (χ1v) is 13.1. The fourth-order valence-electron chi connectivity index (χ4n) is 3.76. The lowest BCUT2D eigenvalue weighted by Gasteiger charge is -2.21. The van der Waals surface area contributed by atoms with Crippen LogP contribution in [-0.4, -0.2) is 23.3 Å². The van der Waals surface area contributed by atoms with Crippen molar-refractivity contribution in [3.05, 3.63) is 139 Å². The lowest BCUT2D eigenvalue weighted by molar-refractivity contribution is 0.155. The Morgan fingerprint density at radius 3 is 1.77 bits per heavy atom. The van der Waals surface area contributed by atoms with Crippen LogP contribution in [0, 0.1) is 0 Å². The van der Waals surface area contributed by atoms with E-state index in [0.29, 0.717) is 16.3 Å². The van der Waals surface area contributed by atoms with E-state index in [1.54, 1.807) is 91.0 Å². The topological polar surface area (TPSA) is 116 Å². The molecule has 43 heavy (non-hydrogen) atoms. The number of pyridine rings is 1. The summed E-state index contributed by atoms with van der Waals surface area (Å²) in [5.41, 5.74) is 1.33. The molecular formula is C33H25N3O7. The SMILES string of the molecule is O=C(Nc1ccc(Oc2cccnc2N(C(=O)Oc2ccccc2)C(=O)Oc2ccccc2)cc1)OCc1ccccc1. The molecule has 1 N–H and O–H groups in total. The zero-order valence-electron chi connectivity index (χ0n) is 22.7. The summed E-state index contributed by atoms with van der Waals surface area (Å²) in [6.45, 7) is 0.133. The van der Waals surface area contributed by atoms with Gasteiger partial charge in [0.1, 0.15) is 23.9 Å². The minimum atomic E-state index is -1.05. The number of carbonyl (C=O) groups is 3. The van der Waals surface area contributed by atoms with Crippen molar-refractivity contribution in [3.63, 3.8) is 0 Å². The molecule has 0 aliphatic carbocycles. The van der Waals surface area contributed by atoms with Gasteiger partial charge in [-0.05, 0) is 66.2 Å². The van der Waals surface area contributed by atoms with Crippen molar-refractivity contribution >= 4 is 29.8 Å². The highest BCUT2D eigenvalue weighted by Crippen LogP contribution is 2.32. The first-order chi connectivity index (χ1) is 21.0. The van der Waals surface area contributed by atoms with Gasteiger partial charge in [0.05, 0.1) is 0 Å². The number of ether oxygens (including phenoxy) is 4. The second kappa shape index (κ2) is 14.0. The zero-order valence-corrected chi connectivity index (χ0v) is 22.7. The number of nitrogens with one attached hydrogen (secondary N) is 1. The first-order valence-electron chi connectivity index (χ1n) is 13.1. The third kappa shape index (κ3) is 7.95. The molecule has 0 saturated carbocycles. The van der Waals surface area contributed by atoms with Gasteiger partial charge in [-0.2, -0.15) is 4.90 Å². The second-order valence-corrected chi connectivity index (χ2v) is 8.84. The Bertz CT molecular complexity index is 1610. The smallest absolute Gasteiger partial charge is 0.430 e. The number of imide groups is 1. The molecule has 0 radical (unpaired) electrons. The van der Waals surface area contributed by atoms with Crippen molar-refractivity contribution in [1.82, 2.24) is 4.98 Å². The quantitative estimate of drug-likeness (QED) is 0.199. The Labute approximate surface area is 247 Å². The summed E-state index contributed by atoms with van der Waals surface area (Å²) in [6.07, 6.45) is -1.32. The Kier molecular flexibility index (Phi) is 9.21. The normalized spacial score (nSPS) is 10.2. The van der Waals surface area contributed by atoms with E-state index in [0.717, 1.165) is 5.56 Å². The molecule has 0 fully saturated rings. The van der Waals surface area contributed by atoms with Gasteiger partial charge >= 0.3 is 18.3 Å². The summed E-state index contributed by atoms with van der Waals surface area (Å²) < 4.78 is 22.1. The van der Waals surface area contributed by atoms with Gasteiger partial charge < -0.3 is 18.9 Å². The van der Waals surface area contributed by atoms with Gasteiger partial charge in [-0.1, -0.05) is 66.7 Å². The van der Waals surface area contributed by atoms with E-state index in [9.17, 15) is 14.4 Å². The van der Waals surface area contributed by atoms with Crippen LogP contribution in [0.1, 0.15) is 5.56 Å². The number of anilines is 2. The number of nitrogens with zero attached hydrogens (tertiary/aromatic N) is 2. The minimum absolute atomic E-state index is 0.0699. The van der Waals surface area contributed by atoms with E-state index in [-0.39, 0.29) is 29.7 Å². The molecule has 10 nitrogen and oxygen atoms in total. The lowest BCUT2D eigenvalue weighted by Crippen LogP contribution is -2.41. The van der Waals surface area contributed by atoms with Crippen molar-refractivity contribution in [1.29, 1.82) is 0 Å². The molecule has 0 unspecified atom stereocenters. The van der Waals surface area contributed by atoms with Gasteiger partial charge in [-0.25, -0.2) is 19.4 Å². The largest absolute Gasteiger partial charge is 0.453 e. The maximum Gasteiger partial charge on any atom is 0.430 e. The molecule has 1 heterocycles. The van der Waals surface area contributed by atoms with Crippen LogP contribution in [0.25, 0.3) is 0 Å². The molecule has 0 spiro atoms. The minimum Gasteiger partial charge on any atom is -0.453 e. The Morgan fingerprint density at radius 1 is 0.628 bits per heavy atom. The number of amides is 3. The van der Waals surface area contributed by atoms with Crippen molar-refractivity contribution < 1.29 is 33.3 Å². The predicted octanol–water partition coefficient (Wildman–Crippen LogP) is 7.83. The lowest BCUT2D eigenvalue weighted by atomic mass is 10.2. The highest BCUT2D eigenvalue weighted by atomic mass is 16.6. The fraction of sp³-hybridized carbons (Fsp3) is 0.0303. The summed E-state index contributed by atoms with van der Waals surface area (Å²) in [4.78, 5) is 43.7. The Morgan fingerprint density at radius 2 is 1.19 bits per heavy atom. The van der Waals surface area contributed by atoms with Gasteiger partial charge in [-0.3, -0.25) is 5.32 Å². The number of hydrogen-bond acceptors (Lipinski definition) is 8. The van der Waals surface area contributed by atoms with Crippen molar-refractivity contribution in [2.45, 2.75) is 6.61 Å². The van der Waals surface area contributed by atoms with E-state index in [1.807, 2.05) is 30.3 Å². The van der Waals surface area contributed by atoms with Crippen LogP contribution in [-0.2, 0) is 11.3 Å². The number of para-hydroxylation sites is 2. The summed E-state index contributed by atoms with van der Waals surface area (Å²) in [5.74, 6) is 0.685. The van der Waals surface area contributed by atoms with Gasteiger partial charge in [0.25, 0.3) is 0 Å². The van der Waals surface area contributed by atoms with Crippen molar-refractivity contribution in [3.8, 4) is 23.0 Å². The molecule has 1 aromatic heterocycles. The Hall–Kier alpha value is -6.16. The van der Waals surface area contributed by atoms with Gasteiger partial charge in [-0.15, -0.1) is 0 Å². The Balaban J connectivity index is 1.32. The van der Waals surface area contributed by atoms with Crippen molar-refractivity contribution in [2.75, 3.05) is 10.2 Å². The van der Waals surface area contributed by atoms with Gasteiger partial charge in [0.15, 0.2) is 11.6 Å². The molecule has 5 rings (SSSR count). The number of aromatic nitrogens is 1. The van der Waals surface area contributed by atoms with Gasteiger partial charge in [0.2, 0.25) is 0 Å². The fourth-order valence-corrected chi connectivity index (χ4v) is 3.76. The third-order valence-corrected chi connectivity index (χ3v) is 5.77. The molecule has 0 aliphatic rings. The molecule has 0 aliphatic heterocycles. The van der Waals surface area contributed by atoms with E-state index >= 15 is 0 Å². The van der Waals surface area contributed by atoms with E-state index in [1.165, 1.54) is 12.3 Å². The summed E-state index contributed by atoms with van der Waals surface area (Å²) in [7, 11) is 0. The first kappa shape index (κ1) is 28.4. The van der Waals surface area contributed by atoms with Crippen LogP contribution in [0.15, 0.2) is 134 Å². The average molecular weight is 576 g/mol. The maximum absolute atomic E-state index is 13.3. The molecular weight excluding hydrogens is 550 g/mol. The number of benzene rings is 4. The van der Waals surface area contributed by atoms with Crippen LogP contribution >= 0.6 is 0 Å². The molecule has 4 aromatic carbocycles. The molecule has 0 atom stereocenters. The van der Waals surface area contributed by atoms with Crippen molar-refractivity contribution in [2.24, 2.45) is 0 Å². The third-order valence-electron chi connectivity index (χ3n) is 5.77. The molecule has 0 bridgehead atoms. The maximum atomic E-state index is 13.3. The molecule has 3 amide bonds. The molecule has 10 heteroatoms. The number of carbonyl (C=O) groups excluding carboxylic acids is 3. The predicted molar refractivity (Wildman–Crippen MR) is 158 cm³/mol. The highest BCUT2D eigenvalue weighted by molar-refractivity contribution is 6.10. The summed E-state index contributed by atoms with van der Waals surface area (Å²) in [6, 6.07) is 35.4. The van der Waals surface area contributed by atoms with Crippen LogP contribution < -0.4 is 24.4 Å². The molecule has 0 saturated heterocycles. The van der Waals surface area contributed by atoms with E-state index < -0.39 is 18.3 Å². The van der Waals surface area contributed by atoms with E-state index in [4.69, 9.17) is 18.9 Å². The highest BCUT2D eigenvalue weighted by Gasteiger charge is 2.32. The average Bonchev–Trinajstić information content (AvgIpc) is 3.03. The number of hydrogen-bond donors (Lipinski definition) is 1. The number of rotatable bonds is 8. The second-order valence-electron chi connectivity index (χ2n) is 8.84. The van der Waals surface area contributed by atoms with Gasteiger partial charge in [0, 0.05) is 11.9 Å². The van der Waals surface area contributed by atoms with Crippen LogP contribution in [0.4, 0.5) is 25.9 Å². The zero-order chi connectivity index (χ0) is 29.9. The molecule has 5 aromatic rings. The van der Waals surface area contributed by atoms with Crippen LogP contribution in [0.3, 0.4) is 0 Å². The van der Waals surface area contributed by atoms with Crippen LogP contribution in [0.5, 0.6) is 23.0 Å². The summed E-state index contributed by atoms with van der Waals surface area (Å²) >= 11 is 0. The standard InChI is InChI=1S/C33H25N3O7/c37-31(40-23-24-11-4-1-5-12-24)35-25-18-20-28(21-19-25)41-29-17-10-22-34-30(29)36(32(38)42-26-13-6-2-7-14-26)33(39)43-27-15-8-3-9-16-27/h1-22H,23H2,(H,35,37). The monoisotopic (exact) mass is 575 g/mol. The van der Waals surface area contributed by atoms with E-state index in [2.05, 4.69) is 10.3 Å². The molecule has 214 valence electrons.